The second-order valence-corrected chi connectivity index (χ2v) is 14.2. The predicted molar refractivity (Wildman–Crippen MR) is 143 cm³/mol. The summed E-state index contributed by atoms with van der Waals surface area (Å²) in [4.78, 5) is 12.3. The maximum Gasteiger partial charge on any atom is 0.261 e. The third kappa shape index (κ3) is 6.48. The highest BCUT2D eigenvalue weighted by Crippen LogP contribution is 2.64. The summed E-state index contributed by atoms with van der Waals surface area (Å²) in [7, 11) is -3.67. The molecule has 1 saturated heterocycles. The van der Waals surface area contributed by atoms with Crippen LogP contribution in [0.4, 0.5) is 0 Å². The lowest BCUT2D eigenvalue weighted by atomic mass is 9.53. The summed E-state index contributed by atoms with van der Waals surface area (Å²) in [6.07, 6.45) is 11.2. The first-order valence-electron chi connectivity index (χ1n) is 13.7. The number of nitrogens with two attached hydrogens (primary N) is 1. The molecule has 8 nitrogen and oxygen atoms in total. The largest absolute Gasteiger partial charge is 0.493 e. The van der Waals surface area contributed by atoms with Gasteiger partial charge in [0, 0.05) is 42.7 Å². The molecular weight excluding hydrogens is 514 g/mol. The summed E-state index contributed by atoms with van der Waals surface area (Å²) in [5.41, 5.74) is 6.92. The fraction of sp³-hybridized carbons (Fsp3) is 0.778. The van der Waals surface area contributed by atoms with Gasteiger partial charge in [-0.1, -0.05) is 12.1 Å². The summed E-state index contributed by atoms with van der Waals surface area (Å²) in [5, 5.41) is 0. The van der Waals surface area contributed by atoms with E-state index in [1.165, 1.54) is 37.7 Å². The van der Waals surface area contributed by atoms with Gasteiger partial charge in [-0.2, -0.15) is 30.0 Å². The Balaban J connectivity index is 0.000000514. The average molecular weight is 556 g/mol. The van der Waals surface area contributed by atoms with Crippen molar-refractivity contribution in [3.63, 3.8) is 0 Å². The fourth-order valence-electron chi connectivity index (χ4n) is 7.43. The van der Waals surface area contributed by atoms with E-state index in [1.807, 2.05) is 11.8 Å². The minimum atomic E-state index is -3.67. The Morgan fingerprint density at radius 3 is 2.16 bits per heavy atom. The zero-order valence-electron chi connectivity index (χ0n) is 21.7. The van der Waals surface area contributed by atoms with Gasteiger partial charge in [0.15, 0.2) is 0 Å². The molecule has 1 aromatic carbocycles. The summed E-state index contributed by atoms with van der Waals surface area (Å²) in [6.45, 7) is 1.46. The van der Waals surface area contributed by atoms with Crippen LogP contribution >= 0.6 is 11.8 Å². The Morgan fingerprint density at radius 1 is 1.00 bits per heavy atom. The van der Waals surface area contributed by atoms with Gasteiger partial charge < -0.3 is 15.2 Å². The van der Waals surface area contributed by atoms with Crippen molar-refractivity contribution in [2.24, 2.45) is 29.4 Å². The molecule has 0 atom stereocenters. The van der Waals surface area contributed by atoms with Gasteiger partial charge in [0.2, 0.25) is 11.6 Å². The van der Waals surface area contributed by atoms with Gasteiger partial charge in [0.1, 0.15) is 5.75 Å². The number of rotatable bonds is 7. The topological polar surface area (TPSA) is 117 Å². The molecule has 5 aliphatic carbocycles. The van der Waals surface area contributed by atoms with Gasteiger partial charge in [-0.05, 0) is 80.4 Å². The maximum absolute atomic E-state index is 9.19. The molecule has 5 saturated carbocycles. The van der Waals surface area contributed by atoms with Crippen molar-refractivity contribution < 1.29 is 32.2 Å². The van der Waals surface area contributed by atoms with Gasteiger partial charge in [0.05, 0.1) is 12.9 Å². The van der Waals surface area contributed by atoms with E-state index in [2.05, 4.69) is 24.3 Å². The summed E-state index contributed by atoms with van der Waals surface area (Å²) >= 11 is 1.84. The van der Waals surface area contributed by atoms with Crippen LogP contribution in [0.1, 0.15) is 69.3 Å². The molecule has 3 N–H and O–H groups in total. The predicted octanol–water partition coefficient (Wildman–Crippen LogP) is 4.75. The smallest absolute Gasteiger partial charge is 0.261 e. The standard InChI is InChI=1S/C26H37NO4S.CH4O3S/c27-9-11-32-12-10-28-24-3-1-20(2-4-24)21-5-7-25(8-6-21)29-26(31-30-25)22-14-18-13-19(16-22)17-23(26)15-18;1-5(2,3)4/h1-4,18-19,21-23H,5-17,27H2;1H3,(H,2,3,4). The van der Waals surface area contributed by atoms with Crippen molar-refractivity contribution in [3.05, 3.63) is 29.8 Å². The summed E-state index contributed by atoms with van der Waals surface area (Å²) in [5.74, 6) is 5.40. The molecule has 1 aliphatic heterocycles. The number of thioether (sulfide) groups is 1. The van der Waals surface area contributed by atoms with E-state index in [9.17, 15) is 8.42 Å². The number of hydrogen-bond acceptors (Lipinski definition) is 8. The first-order chi connectivity index (χ1) is 17.7. The van der Waals surface area contributed by atoms with Crippen LogP contribution in [0.25, 0.3) is 0 Å². The lowest BCUT2D eigenvalue weighted by molar-refractivity contribution is -0.390. The molecule has 1 aromatic rings. The number of benzene rings is 1. The fourth-order valence-corrected chi connectivity index (χ4v) is 8.00. The Hall–Kier alpha value is -0.880. The van der Waals surface area contributed by atoms with E-state index in [0.29, 0.717) is 24.0 Å². The molecule has 0 radical (unpaired) electrons. The highest BCUT2D eigenvalue weighted by molar-refractivity contribution is 7.99. The van der Waals surface area contributed by atoms with Crippen LogP contribution in [0.15, 0.2) is 24.3 Å². The maximum atomic E-state index is 9.19. The van der Waals surface area contributed by atoms with E-state index in [-0.39, 0.29) is 0 Å². The van der Waals surface area contributed by atoms with E-state index in [0.717, 1.165) is 67.9 Å². The second kappa shape index (κ2) is 11.3. The molecule has 4 bridgehead atoms. The van der Waals surface area contributed by atoms with Crippen LogP contribution in [0.5, 0.6) is 5.75 Å². The molecule has 2 spiro atoms. The van der Waals surface area contributed by atoms with Crippen LogP contribution < -0.4 is 10.5 Å². The van der Waals surface area contributed by atoms with Crippen molar-refractivity contribution in [2.45, 2.75) is 75.3 Å². The molecule has 1 heterocycles. The highest BCUT2D eigenvalue weighted by Gasteiger charge is 2.66. The number of ether oxygens (including phenoxy) is 2. The van der Waals surface area contributed by atoms with Crippen LogP contribution in [0.2, 0.25) is 0 Å². The quantitative estimate of drug-likeness (QED) is 0.279. The Morgan fingerprint density at radius 2 is 1.59 bits per heavy atom. The lowest BCUT2D eigenvalue weighted by Crippen LogP contribution is -2.59. The van der Waals surface area contributed by atoms with Gasteiger partial charge in [0.25, 0.3) is 10.1 Å². The number of hydrogen-bond donors (Lipinski definition) is 2. The Bertz CT molecular complexity index is 972. The normalized spacial score (nSPS) is 38.1. The van der Waals surface area contributed by atoms with Crippen LogP contribution in [-0.4, -0.2) is 55.5 Å². The molecule has 7 rings (SSSR count). The first-order valence-corrected chi connectivity index (χ1v) is 16.7. The minimum absolute atomic E-state index is 0.443. The van der Waals surface area contributed by atoms with Gasteiger partial charge in [-0.3, -0.25) is 4.55 Å². The van der Waals surface area contributed by atoms with E-state index in [4.69, 9.17) is 29.5 Å². The molecule has 208 valence electrons. The van der Waals surface area contributed by atoms with Gasteiger partial charge in [-0.15, -0.1) is 0 Å². The van der Waals surface area contributed by atoms with Crippen LogP contribution in [0, 0.1) is 23.7 Å². The van der Waals surface area contributed by atoms with Crippen LogP contribution in [-0.2, 0) is 24.6 Å². The molecule has 0 amide bonds. The Kier molecular flexibility index (Phi) is 8.46. The van der Waals surface area contributed by atoms with E-state index >= 15 is 0 Å². The average Bonchev–Trinajstić information content (AvgIpc) is 3.22. The monoisotopic (exact) mass is 555 g/mol. The highest BCUT2D eigenvalue weighted by atomic mass is 32.2. The zero-order chi connectivity index (χ0) is 26.1. The van der Waals surface area contributed by atoms with Crippen molar-refractivity contribution in [3.8, 4) is 5.75 Å². The molecule has 10 heteroatoms. The van der Waals surface area contributed by atoms with Crippen molar-refractivity contribution in [2.75, 3.05) is 30.9 Å². The van der Waals surface area contributed by atoms with E-state index < -0.39 is 21.7 Å². The summed E-state index contributed by atoms with van der Waals surface area (Å²) < 4.78 is 38.6. The molecule has 6 fully saturated rings. The lowest BCUT2D eigenvalue weighted by Gasteiger charge is -2.57. The SMILES string of the molecule is CS(=O)(=O)O.NCCSCCOc1ccc(C2CCC3(CC2)OOC2(O3)C3CC4CC(C3)CC2C4)cc1. The molecule has 0 aromatic heterocycles. The molecule has 37 heavy (non-hydrogen) atoms. The second-order valence-electron chi connectivity index (χ2n) is 11.5. The van der Waals surface area contributed by atoms with Crippen molar-refractivity contribution in [1.82, 2.24) is 0 Å². The zero-order valence-corrected chi connectivity index (χ0v) is 23.3. The summed E-state index contributed by atoms with van der Waals surface area (Å²) in [6, 6.07) is 8.69. The molecule has 0 unspecified atom stereocenters. The van der Waals surface area contributed by atoms with Crippen LogP contribution in [0.3, 0.4) is 0 Å². The van der Waals surface area contributed by atoms with Crippen molar-refractivity contribution >= 4 is 21.9 Å². The van der Waals surface area contributed by atoms with Gasteiger partial charge >= 0.3 is 0 Å². The Labute approximate surface area is 225 Å². The molecular formula is C27H41NO7S2. The third-order valence-electron chi connectivity index (χ3n) is 8.80. The van der Waals surface area contributed by atoms with Crippen molar-refractivity contribution in [1.29, 1.82) is 0 Å². The third-order valence-corrected chi connectivity index (χ3v) is 9.78. The van der Waals surface area contributed by atoms with Gasteiger partial charge in [-0.25, -0.2) is 0 Å². The first kappa shape index (κ1) is 27.7. The minimum Gasteiger partial charge on any atom is -0.493 e. The molecule has 6 aliphatic rings. The van der Waals surface area contributed by atoms with E-state index in [1.54, 1.807) is 0 Å².